The number of sulfonamides is 1. The van der Waals surface area contributed by atoms with E-state index in [0.717, 1.165) is 11.3 Å². The predicted octanol–water partition coefficient (Wildman–Crippen LogP) is 3.60. The number of aromatic nitrogens is 2. The first-order chi connectivity index (χ1) is 14.9. The largest absolute Gasteiger partial charge is 0.434 e. The Labute approximate surface area is 178 Å². The number of nitrogens with zero attached hydrogens (tertiary/aromatic N) is 3. The Kier molecular flexibility index (Phi) is 4.48. The number of para-hydroxylation sites is 1. The Balaban J connectivity index is 1.50. The number of benzene rings is 2. The Morgan fingerprint density at radius 1 is 1.13 bits per heavy atom. The highest BCUT2D eigenvalue weighted by Gasteiger charge is 2.25. The molecule has 0 atom stereocenters. The van der Waals surface area contributed by atoms with Crippen molar-refractivity contribution in [3.8, 4) is 11.5 Å². The van der Waals surface area contributed by atoms with Gasteiger partial charge in [0, 0.05) is 25.4 Å². The summed E-state index contributed by atoms with van der Waals surface area (Å²) in [6.07, 6.45) is 2.23. The fourth-order valence-electron chi connectivity index (χ4n) is 3.72. The van der Waals surface area contributed by atoms with Crippen LogP contribution in [0.4, 0.5) is 11.4 Å². The van der Waals surface area contributed by atoms with Crippen LogP contribution in [0.2, 0.25) is 0 Å². The highest BCUT2D eigenvalue weighted by molar-refractivity contribution is 7.92. The number of rotatable bonds is 4. The Morgan fingerprint density at radius 2 is 1.97 bits per heavy atom. The van der Waals surface area contributed by atoms with E-state index >= 15 is 0 Å². The minimum absolute atomic E-state index is 0.0609. The Bertz CT molecular complexity index is 1400. The average molecular weight is 434 g/mol. The second-order valence-corrected chi connectivity index (χ2v) is 8.89. The summed E-state index contributed by atoms with van der Waals surface area (Å²) in [6, 6.07) is 15.2. The van der Waals surface area contributed by atoms with Gasteiger partial charge in [-0.05, 0) is 54.4 Å². The summed E-state index contributed by atoms with van der Waals surface area (Å²) < 4.78 is 34.6. The lowest BCUT2D eigenvalue weighted by Gasteiger charge is -2.15. The van der Waals surface area contributed by atoms with Gasteiger partial charge in [0.2, 0.25) is 11.8 Å². The van der Waals surface area contributed by atoms with Crippen LogP contribution in [0.25, 0.3) is 22.7 Å². The molecule has 0 saturated heterocycles. The molecule has 0 radical (unpaired) electrons. The molecular weight excluding hydrogens is 416 g/mol. The van der Waals surface area contributed by atoms with Gasteiger partial charge in [-0.1, -0.05) is 12.1 Å². The van der Waals surface area contributed by atoms with Crippen molar-refractivity contribution in [1.29, 1.82) is 0 Å². The molecule has 8 nitrogen and oxygen atoms in total. The van der Waals surface area contributed by atoms with Crippen LogP contribution in [0.1, 0.15) is 12.5 Å². The van der Waals surface area contributed by atoms with Crippen LogP contribution in [-0.2, 0) is 21.2 Å². The fraction of sp³-hybridized carbons (Fsp3) is 0.136. The molecule has 1 N–H and O–H groups in total. The first kappa shape index (κ1) is 19.3. The summed E-state index contributed by atoms with van der Waals surface area (Å²) in [7, 11) is -3.87. The van der Waals surface area contributed by atoms with E-state index in [-0.39, 0.29) is 16.7 Å². The van der Waals surface area contributed by atoms with Gasteiger partial charge < -0.3 is 9.32 Å². The van der Waals surface area contributed by atoms with Gasteiger partial charge in [0.15, 0.2) is 11.2 Å². The number of carbonyl (C=O) groups is 1. The van der Waals surface area contributed by atoms with Crippen LogP contribution < -0.4 is 9.62 Å². The summed E-state index contributed by atoms with van der Waals surface area (Å²) in [5.41, 5.74) is 3.41. The molecule has 4 aromatic rings. The molecule has 0 fully saturated rings. The predicted molar refractivity (Wildman–Crippen MR) is 116 cm³/mol. The van der Waals surface area contributed by atoms with Gasteiger partial charge in [0.25, 0.3) is 10.0 Å². The maximum atomic E-state index is 13.1. The molecule has 31 heavy (non-hydrogen) atoms. The minimum Gasteiger partial charge on any atom is -0.434 e. The van der Waals surface area contributed by atoms with Gasteiger partial charge in [-0.2, -0.15) is 4.98 Å². The molecule has 5 rings (SSSR count). The quantitative estimate of drug-likeness (QED) is 0.526. The van der Waals surface area contributed by atoms with Gasteiger partial charge >= 0.3 is 0 Å². The average Bonchev–Trinajstić information content (AvgIpc) is 3.37. The van der Waals surface area contributed by atoms with Crippen LogP contribution in [0.3, 0.4) is 0 Å². The SMILES string of the molecule is CC(=O)N1CCc2cc(S(=O)(=O)Nc3ccccc3-c3nc4ncccc4o3)ccc21. The van der Waals surface area contributed by atoms with Crippen LogP contribution in [0.15, 0.2) is 70.1 Å². The third-order valence-electron chi connectivity index (χ3n) is 5.20. The number of carbonyl (C=O) groups excluding carboxylic acids is 1. The van der Waals surface area contributed by atoms with Crippen molar-refractivity contribution >= 4 is 38.5 Å². The topological polar surface area (TPSA) is 105 Å². The summed E-state index contributed by atoms with van der Waals surface area (Å²) >= 11 is 0. The molecule has 0 unspecified atom stereocenters. The Morgan fingerprint density at radius 3 is 2.77 bits per heavy atom. The van der Waals surface area contributed by atoms with Crippen molar-refractivity contribution in [2.45, 2.75) is 18.2 Å². The van der Waals surface area contributed by atoms with Crippen molar-refractivity contribution in [1.82, 2.24) is 9.97 Å². The van der Waals surface area contributed by atoms with Crippen molar-refractivity contribution in [3.63, 3.8) is 0 Å². The second kappa shape index (κ2) is 7.21. The highest BCUT2D eigenvalue weighted by Crippen LogP contribution is 2.33. The summed E-state index contributed by atoms with van der Waals surface area (Å²) in [5.74, 6) is 0.215. The van der Waals surface area contributed by atoms with Crippen LogP contribution in [-0.4, -0.2) is 30.8 Å². The van der Waals surface area contributed by atoms with E-state index < -0.39 is 10.0 Å². The fourth-order valence-corrected chi connectivity index (χ4v) is 4.85. The monoisotopic (exact) mass is 434 g/mol. The van der Waals surface area contributed by atoms with E-state index in [0.29, 0.717) is 35.4 Å². The van der Waals surface area contributed by atoms with E-state index in [1.807, 2.05) is 0 Å². The van der Waals surface area contributed by atoms with Gasteiger partial charge in [-0.15, -0.1) is 0 Å². The smallest absolute Gasteiger partial charge is 0.261 e. The lowest BCUT2D eigenvalue weighted by atomic mass is 10.2. The molecule has 1 amide bonds. The first-order valence-corrected chi connectivity index (χ1v) is 11.2. The van der Waals surface area contributed by atoms with Gasteiger partial charge in [-0.3, -0.25) is 9.52 Å². The number of fused-ring (bicyclic) bond motifs is 2. The standard InChI is InChI=1S/C22H18N4O4S/c1-14(27)26-12-10-15-13-16(8-9-19(15)26)31(28,29)25-18-6-3-2-5-17(18)22-24-21-20(30-22)7-4-11-23-21/h2-9,11,13,25H,10,12H2,1H3. The second-order valence-electron chi connectivity index (χ2n) is 7.21. The summed E-state index contributed by atoms with van der Waals surface area (Å²) in [6.45, 7) is 2.05. The molecule has 3 heterocycles. The molecular formula is C22H18N4O4S. The van der Waals surface area contributed by atoms with Crippen LogP contribution in [0, 0.1) is 0 Å². The maximum absolute atomic E-state index is 13.1. The molecule has 0 saturated carbocycles. The molecule has 0 spiro atoms. The summed E-state index contributed by atoms with van der Waals surface area (Å²) in [4.78, 5) is 22.1. The number of amides is 1. The number of nitrogens with one attached hydrogen (secondary N) is 1. The molecule has 1 aliphatic rings. The zero-order valence-corrected chi connectivity index (χ0v) is 17.4. The van der Waals surface area contributed by atoms with E-state index in [1.165, 1.54) is 13.0 Å². The summed E-state index contributed by atoms with van der Waals surface area (Å²) in [5, 5.41) is 0. The van der Waals surface area contributed by atoms with E-state index in [9.17, 15) is 13.2 Å². The number of anilines is 2. The normalized spacial score (nSPS) is 13.4. The number of hydrogen-bond donors (Lipinski definition) is 1. The van der Waals surface area contributed by atoms with Crippen molar-refractivity contribution in [2.75, 3.05) is 16.2 Å². The highest BCUT2D eigenvalue weighted by atomic mass is 32.2. The lowest BCUT2D eigenvalue weighted by Crippen LogP contribution is -2.25. The molecule has 0 aliphatic carbocycles. The van der Waals surface area contributed by atoms with Gasteiger partial charge in [0.1, 0.15) is 0 Å². The molecule has 0 bridgehead atoms. The third-order valence-corrected chi connectivity index (χ3v) is 6.57. The van der Waals surface area contributed by atoms with Gasteiger partial charge in [0.05, 0.1) is 16.1 Å². The van der Waals surface area contributed by atoms with Crippen molar-refractivity contribution < 1.29 is 17.6 Å². The molecule has 9 heteroatoms. The van der Waals surface area contributed by atoms with Crippen LogP contribution >= 0.6 is 0 Å². The third kappa shape index (κ3) is 3.42. The lowest BCUT2D eigenvalue weighted by molar-refractivity contribution is -0.116. The molecule has 2 aromatic heterocycles. The van der Waals surface area contributed by atoms with E-state index in [4.69, 9.17) is 4.42 Å². The zero-order valence-electron chi connectivity index (χ0n) is 16.6. The zero-order chi connectivity index (χ0) is 21.6. The minimum atomic E-state index is -3.87. The number of hydrogen-bond acceptors (Lipinski definition) is 6. The maximum Gasteiger partial charge on any atom is 0.261 e. The van der Waals surface area contributed by atoms with Crippen molar-refractivity contribution in [2.24, 2.45) is 0 Å². The molecule has 2 aromatic carbocycles. The molecule has 156 valence electrons. The Hall–Kier alpha value is -3.72. The van der Waals surface area contributed by atoms with Crippen molar-refractivity contribution in [3.05, 3.63) is 66.4 Å². The van der Waals surface area contributed by atoms with Gasteiger partial charge in [-0.25, -0.2) is 13.4 Å². The molecule has 1 aliphatic heterocycles. The van der Waals surface area contributed by atoms with E-state index in [1.54, 1.807) is 59.6 Å². The number of pyridine rings is 1. The van der Waals surface area contributed by atoms with Crippen LogP contribution in [0.5, 0.6) is 0 Å². The van der Waals surface area contributed by atoms with E-state index in [2.05, 4.69) is 14.7 Å². The number of oxazole rings is 1. The first-order valence-electron chi connectivity index (χ1n) is 9.67.